The monoisotopic (exact) mass is 1610 g/mol. The molecule has 0 aliphatic heterocycles. The van der Waals surface area contributed by atoms with Crippen molar-refractivity contribution < 1.29 is 80.2 Å². The molecule has 0 aliphatic carbocycles. The van der Waals surface area contributed by atoms with Crippen LogP contribution in [0.2, 0.25) is 0 Å². The summed E-state index contributed by atoms with van der Waals surface area (Å²) < 4.78 is 69.0. The number of rotatable bonds is 88. The topological polar surface area (TPSA) is 237 Å². The quantitative estimate of drug-likeness (QED) is 0.0222. The Morgan fingerprint density at radius 3 is 0.645 bits per heavy atom. The summed E-state index contributed by atoms with van der Waals surface area (Å²) in [6, 6.07) is 0. The van der Waals surface area contributed by atoms with Gasteiger partial charge in [-0.25, -0.2) is 9.13 Å². The van der Waals surface area contributed by atoms with Crippen molar-refractivity contribution in [1.29, 1.82) is 0 Å². The summed E-state index contributed by atoms with van der Waals surface area (Å²) in [4.78, 5) is 73.3. The predicted octanol–water partition coefficient (Wildman–Crippen LogP) is 27.9. The number of carbonyl (C=O) groups is 4. The van der Waals surface area contributed by atoms with Crippen molar-refractivity contribution in [3.63, 3.8) is 0 Å². The Morgan fingerprint density at radius 2 is 0.436 bits per heavy atom. The van der Waals surface area contributed by atoms with Crippen LogP contribution in [-0.4, -0.2) is 96.7 Å². The van der Waals surface area contributed by atoms with Crippen LogP contribution in [0.4, 0.5) is 0 Å². The number of unbranched alkanes of at least 4 members (excludes halogenated alkanes) is 52. The normalized spacial score (nSPS) is 14.3. The maximum atomic E-state index is 13.2. The number of phosphoric acid groups is 2. The molecule has 0 radical (unpaired) electrons. The standard InChI is InChI=1S/C91H178O17P2/c1-9-83(7)69-61-53-44-38-32-26-20-16-12-14-18-22-29-35-41-47-57-65-73-90(95)107-86(77-101-88(93)71-63-55-46-40-34-28-21-17-13-11-15-19-25-31-37-43-51-59-67-81(3)4)79-105-109(97,98)103-75-85(92)76-104-110(99,100)106-80-87(78-102-89(94)72-64-56-50-49-52-60-68-82(5)6)108-91(96)74-66-58-48-42-36-30-24-23-27-33-39-45-54-62-70-84(8)10-2/h81-87,92H,9-80H2,1-8H3,(H,97,98)(H,99,100)/t83?,84?,85-,86-,87-/m1/s1. The van der Waals surface area contributed by atoms with E-state index in [1.807, 2.05) is 0 Å². The lowest BCUT2D eigenvalue weighted by Crippen LogP contribution is -2.30. The first-order chi connectivity index (χ1) is 53.2. The Kier molecular flexibility index (Phi) is 78.1. The van der Waals surface area contributed by atoms with E-state index in [4.69, 9.17) is 37.0 Å². The summed E-state index contributed by atoms with van der Waals surface area (Å²) in [6.45, 7) is 14.4. The molecule has 0 aromatic rings. The van der Waals surface area contributed by atoms with Gasteiger partial charge >= 0.3 is 39.5 Å². The smallest absolute Gasteiger partial charge is 0.462 e. The number of esters is 4. The van der Waals surface area contributed by atoms with E-state index in [0.29, 0.717) is 31.6 Å². The number of carbonyl (C=O) groups excluding carboxylic acids is 4. The molecule has 17 nitrogen and oxygen atoms in total. The minimum atomic E-state index is -4.97. The fraction of sp³-hybridized carbons (Fsp3) is 0.956. The molecule has 0 saturated carbocycles. The van der Waals surface area contributed by atoms with Crippen LogP contribution in [-0.2, 0) is 65.4 Å². The molecule has 4 unspecified atom stereocenters. The van der Waals surface area contributed by atoms with Gasteiger partial charge in [0, 0.05) is 25.7 Å². The highest BCUT2D eigenvalue weighted by Gasteiger charge is 2.31. The van der Waals surface area contributed by atoms with Gasteiger partial charge < -0.3 is 33.8 Å². The summed E-state index contributed by atoms with van der Waals surface area (Å²) in [7, 11) is -9.94. The minimum absolute atomic E-state index is 0.107. The van der Waals surface area contributed by atoms with Gasteiger partial charge in [-0.05, 0) is 49.4 Å². The molecule has 0 bridgehead atoms. The number of ether oxygens (including phenoxy) is 4. The van der Waals surface area contributed by atoms with E-state index >= 15 is 0 Å². The molecule has 0 fully saturated rings. The zero-order valence-electron chi connectivity index (χ0n) is 72.9. The Bertz CT molecular complexity index is 2130. The molecular weight excluding hydrogens is 1430 g/mol. The van der Waals surface area contributed by atoms with E-state index in [1.165, 1.54) is 276 Å². The molecular formula is C91H178O17P2. The first-order valence-electron chi connectivity index (χ1n) is 46.8. The third kappa shape index (κ3) is 81.2. The molecule has 0 saturated heterocycles. The van der Waals surface area contributed by atoms with Crippen LogP contribution in [0.3, 0.4) is 0 Å². The Morgan fingerprint density at radius 1 is 0.255 bits per heavy atom. The van der Waals surface area contributed by atoms with Crippen molar-refractivity contribution in [3.05, 3.63) is 0 Å². The van der Waals surface area contributed by atoms with Crippen molar-refractivity contribution in [3.8, 4) is 0 Å². The molecule has 0 aromatic heterocycles. The molecule has 0 heterocycles. The lowest BCUT2D eigenvalue weighted by atomic mass is 9.99. The molecule has 0 amide bonds. The van der Waals surface area contributed by atoms with Gasteiger partial charge in [-0.15, -0.1) is 0 Å². The second-order valence-corrected chi connectivity index (χ2v) is 37.0. The molecule has 654 valence electrons. The van der Waals surface area contributed by atoms with Crippen molar-refractivity contribution in [2.45, 2.75) is 497 Å². The fourth-order valence-corrected chi connectivity index (χ4v) is 15.7. The van der Waals surface area contributed by atoms with Crippen molar-refractivity contribution in [2.24, 2.45) is 23.7 Å². The van der Waals surface area contributed by atoms with Gasteiger partial charge in [0.1, 0.15) is 19.3 Å². The first-order valence-corrected chi connectivity index (χ1v) is 49.8. The van der Waals surface area contributed by atoms with Gasteiger partial charge in [0.25, 0.3) is 0 Å². The van der Waals surface area contributed by atoms with Crippen LogP contribution in [0.15, 0.2) is 0 Å². The molecule has 0 rings (SSSR count). The minimum Gasteiger partial charge on any atom is -0.462 e. The van der Waals surface area contributed by atoms with Gasteiger partial charge in [-0.2, -0.15) is 0 Å². The maximum absolute atomic E-state index is 13.2. The van der Waals surface area contributed by atoms with E-state index < -0.39 is 97.5 Å². The molecule has 0 aromatic carbocycles. The largest absolute Gasteiger partial charge is 0.472 e. The Hall–Kier alpha value is -1.94. The lowest BCUT2D eigenvalue weighted by Gasteiger charge is -2.21. The van der Waals surface area contributed by atoms with Gasteiger partial charge in [0.15, 0.2) is 12.2 Å². The second kappa shape index (κ2) is 79.5. The molecule has 0 spiro atoms. The molecule has 19 heteroatoms. The number of aliphatic hydroxyl groups excluding tert-OH is 1. The predicted molar refractivity (Wildman–Crippen MR) is 455 cm³/mol. The molecule has 3 N–H and O–H groups in total. The van der Waals surface area contributed by atoms with Crippen molar-refractivity contribution in [1.82, 2.24) is 0 Å². The SMILES string of the molecule is CCC(C)CCCCCCCCCCCCCCCCCCCCC(=O)O[C@H](COC(=O)CCCCCCCCCCCCCCCCCCCCC(C)C)COP(=O)(O)OC[C@@H](O)COP(=O)(O)OC[C@@H](COC(=O)CCCCCCCCC(C)C)OC(=O)CCCCCCCCCCCCCCCCC(C)CC. The van der Waals surface area contributed by atoms with E-state index in [1.54, 1.807) is 0 Å². The maximum Gasteiger partial charge on any atom is 0.472 e. The van der Waals surface area contributed by atoms with Crippen LogP contribution < -0.4 is 0 Å². The first kappa shape index (κ1) is 108. The van der Waals surface area contributed by atoms with E-state index in [-0.39, 0.29) is 25.7 Å². The second-order valence-electron chi connectivity index (χ2n) is 34.1. The zero-order valence-corrected chi connectivity index (χ0v) is 74.7. The summed E-state index contributed by atoms with van der Waals surface area (Å²) in [5, 5.41) is 10.7. The molecule has 110 heavy (non-hydrogen) atoms. The van der Waals surface area contributed by atoms with Crippen LogP contribution in [0.25, 0.3) is 0 Å². The number of hydrogen-bond acceptors (Lipinski definition) is 15. The highest BCUT2D eigenvalue weighted by Crippen LogP contribution is 2.45. The zero-order chi connectivity index (χ0) is 80.9. The third-order valence-corrected chi connectivity index (χ3v) is 23.9. The Balaban J connectivity index is 5.20. The average Bonchev–Trinajstić information content (AvgIpc) is 0.898. The number of aliphatic hydroxyl groups is 1. The van der Waals surface area contributed by atoms with E-state index in [2.05, 4.69) is 55.4 Å². The van der Waals surface area contributed by atoms with Gasteiger partial charge in [-0.3, -0.25) is 37.3 Å². The summed E-state index contributed by atoms with van der Waals surface area (Å²) in [6.07, 6.45) is 71.0. The highest BCUT2D eigenvalue weighted by molar-refractivity contribution is 7.47. The van der Waals surface area contributed by atoms with E-state index in [9.17, 15) is 43.2 Å². The van der Waals surface area contributed by atoms with Crippen LogP contribution in [0.5, 0.6) is 0 Å². The Labute approximate surface area is 677 Å². The summed E-state index contributed by atoms with van der Waals surface area (Å²) >= 11 is 0. The third-order valence-electron chi connectivity index (χ3n) is 22.0. The van der Waals surface area contributed by atoms with Crippen molar-refractivity contribution in [2.75, 3.05) is 39.6 Å². The van der Waals surface area contributed by atoms with Crippen LogP contribution in [0, 0.1) is 23.7 Å². The summed E-state index contributed by atoms with van der Waals surface area (Å²) in [5.41, 5.74) is 0. The van der Waals surface area contributed by atoms with Gasteiger partial charge in [0.05, 0.1) is 26.4 Å². The number of phosphoric ester groups is 2. The van der Waals surface area contributed by atoms with Crippen LogP contribution in [0.1, 0.15) is 479 Å². The fourth-order valence-electron chi connectivity index (χ4n) is 14.1. The average molecular weight is 1610 g/mol. The summed E-state index contributed by atoms with van der Waals surface area (Å²) in [5.74, 6) is 1.11. The number of hydrogen-bond donors (Lipinski definition) is 3. The van der Waals surface area contributed by atoms with E-state index in [0.717, 1.165) is 114 Å². The lowest BCUT2D eigenvalue weighted by molar-refractivity contribution is -0.161. The van der Waals surface area contributed by atoms with Gasteiger partial charge in [0.2, 0.25) is 0 Å². The molecule has 7 atom stereocenters. The van der Waals surface area contributed by atoms with Gasteiger partial charge in [-0.1, -0.05) is 428 Å². The van der Waals surface area contributed by atoms with Crippen LogP contribution >= 0.6 is 15.6 Å². The molecule has 0 aliphatic rings. The highest BCUT2D eigenvalue weighted by atomic mass is 31.2. The van der Waals surface area contributed by atoms with Crippen molar-refractivity contribution >= 4 is 39.5 Å².